The smallest absolute Gasteiger partial charge is 0.410 e. The van der Waals surface area contributed by atoms with Gasteiger partial charge in [0.15, 0.2) is 0 Å². The Morgan fingerprint density at radius 2 is 2.00 bits per heavy atom. The van der Waals surface area contributed by atoms with Crippen molar-refractivity contribution in [3.63, 3.8) is 0 Å². The summed E-state index contributed by atoms with van der Waals surface area (Å²) in [7, 11) is 0. The minimum atomic E-state index is -1.21. The second-order valence-electron chi connectivity index (χ2n) is 6.73. The van der Waals surface area contributed by atoms with Crippen LogP contribution in [0.2, 0.25) is 0 Å². The standard InChI is InChI=1S/C16H21F2N3O4/c1-16(2,3)25-15(24)20-6-7-21(10(8-20)9-22)14(23)11-4-5-12(17)19-13(11)18/h4-5,10,22H,6-9H2,1-3H3. The van der Waals surface area contributed by atoms with E-state index in [0.717, 1.165) is 12.1 Å². The molecule has 1 fully saturated rings. The number of carbonyl (C=O) groups excluding carboxylic acids is 2. The molecule has 138 valence electrons. The molecule has 9 heteroatoms. The second kappa shape index (κ2) is 7.30. The van der Waals surface area contributed by atoms with E-state index in [9.17, 15) is 23.5 Å². The number of nitrogens with zero attached hydrogens (tertiary/aromatic N) is 3. The number of aliphatic hydroxyl groups is 1. The number of piperazine rings is 1. The highest BCUT2D eigenvalue weighted by Gasteiger charge is 2.35. The van der Waals surface area contributed by atoms with Crippen LogP contribution in [0.25, 0.3) is 0 Å². The van der Waals surface area contributed by atoms with Crippen molar-refractivity contribution in [3.05, 3.63) is 29.6 Å². The highest BCUT2D eigenvalue weighted by Crippen LogP contribution is 2.18. The van der Waals surface area contributed by atoms with E-state index in [1.54, 1.807) is 20.8 Å². The zero-order chi connectivity index (χ0) is 18.8. The average molecular weight is 357 g/mol. The van der Waals surface area contributed by atoms with Crippen LogP contribution in [-0.4, -0.2) is 69.8 Å². The fourth-order valence-corrected chi connectivity index (χ4v) is 2.50. The molecule has 0 aliphatic carbocycles. The molecule has 1 atom stereocenters. The molecule has 2 rings (SSSR count). The maximum atomic E-state index is 13.7. The molecule has 2 amide bonds. The van der Waals surface area contributed by atoms with E-state index in [1.165, 1.54) is 9.80 Å². The predicted octanol–water partition coefficient (Wildman–Crippen LogP) is 1.41. The molecular weight excluding hydrogens is 336 g/mol. The Balaban J connectivity index is 2.11. The molecule has 0 spiro atoms. The molecule has 0 saturated carbocycles. The summed E-state index contributed by atoms with van der Waals surface area (Å²) in [5.74, 6) is -2.95. The number of aliphatic hydroxyl groups excluding tert-OH is 1. The predicted molar refractivity (Wildman–Crippen MR) is 83.9 cm³/mol. The van der Waals surface area contributed by atoms with Gasteiger partial charge in [-0.1, -0.05) is 0 Å². The third-order valence-corrected chi connectivity index (χ3v) is 3.65. The third-order valence-electron chi connectivity index (χ3n) is 3.65. The molecule has 1 saturated heterocycles. The van der Waals surface area contributed by atoms with Gasteiger partial charge in [0, 0.05) is 19.6 Å². The van der Waals surface area contributed by atoms with E-state index < -0.39 is 42.1 Å². The number of hydrogen-bond acceptors (Lipinski definition) is 5. The molecule has 1 aliphatic heterocycles. The average Bonchev–Trinajstić information content (AvgIpc) is 2.52. The van der Waals surface area contributed by atoms with Gasteiger partial charge >= 0.3 is 6.09 Å². The highest BCUT2D eigenvalue weighted by molar-refractivity contribution is 5.94. The Labute approximate surface area is 144 Å². The van der Waals surface area contributed by atoms with Gasteiger partial charge in [-0.05, 0) is 32.9 Å². The quantitative estimate of drug-likeness (QED) is 0.810. The lowest BCUT2D eigenvalue weighted by Gasteiger charge is -2.40. The first-order valence-electron chi connectivity index (χ1n) is 7.84. The summed E-state index contributed by atoms with van der Waals surface area (Å²) in [6.45, 7) is 5.09. The van der Waals surface area contributed by atoms with E-state index in [1.807, 2.05) is 0 Å². The minimum Gasteiger partial charge on any atom is -0.444 e. The highest BCUT2D eigenvalue weighted by atomic mass is 19.1. The Hall–Kier alpha value is -2.29. The number of halogens is 2. The van der Waals surface area contributed by atoms with Crippen LogP contribution < -0.4 is 0 Å². The van der Waals surface area contributed by atoms with Crippen LogP contribution in [0.4, 0.5) is 13.6 Å². The molecule has 7 nitrogen and oxygen atoms in total. The number of pyridine rings is 1. The van der Waals surface area contributed by atoms with Crippen LogP contribution in [0.5, 0.6) is 0 Å². The molecule has 25 heavy (non-hydrogen) atoms. The largest absolute Gasteiger partial charge is 0.444 e. The summed E-state index contributed by atoms with van der Waals surface area (Å²) in [5.41, 5.74) is -1.05. The second-order valence-corrected chi connectivity index (χ2v) is 6.73. The van der Waals surface area contributed by atoms with Gasteiger partial charge in [-0.15, -0.1) is 0 Å². The topological polar surface area (TPSA) is 83.0 Å². The first-order valence-corrected chi connectivity index (χ1v) is 7.84. The number of aromatic nitrogens is 1. The summed E-state index contributed by atoms with van der Waals surface area (Å²) < 4.78 is 31.9. The maximum Gasteiger partial charge on any atom is 0.410 e. The van der Waals surface area contributed by atoms with Crippen molar-refractivity contribution in [2.24, 2.45) is 0 Å². The molecule has 0 bridgehead atoms. The summed E-state index contributed by atoms with van der Waals surface area (Å²) >= 11 is 0. The summed E-state index contributed by atoms with van der Waals surface area (Å²) in [6.07, 6.45) is -0.548. The Bertz CT molecular complexity index is 663. The lowest BCUT2D eigenvalue weighted by Crippen LogP contribution is -2.58. The van der Waals surface area contributed by atoms with E-state index >= 15 is 0 Å². The van der Waals surface area contributed by atoms with Gasteiger partial charge in [0.1, 0.15) is 5.60 Å². The molecule has 0 aromatic carbocycles. The first-order chi connectivity index (χ1) is 11.6. The van der Waals surface area contributed by atoms with E-state index in [2.05, 4.69) is 4.98 Å². The van der Waals surface area contributed by atoms with Gasteiger partial charge < -0.3 is 19.6 Å². The van der Waals surface area contributed by atoms with Crippen LogP contribution >= 0.6 is 0 Å². The van der Waals surface area contributed by atoms with Gasteiger partial charge in [-0.3, -0.25) is 4.79 Å². The van der Waals surface area contributed by atoms with Crippen LogP contribution in [0.1, 0.15) is 31.1 Å². The van der Waals surface area contributed by atoms with Crippen LogP contribution in [0, 0.1) is 11.9 Å². The SMILES string of the molecule is CC(C)(C)OC(=O)N1CCN(C(=O)c2ccc(F)nc2F)C(CO)C1. The van der Waals surface area contributed by atoms with Crippen molar-refractivity contribution in [2.45, 2.75) is 32.4 Å². The lowest BCUT2D eigenvalue weighted by atomic mass is 10.1. The van der Waals surface area contributed by atoms with Gasteiger partial charge in [0.05, 0.1) is 18.2 Å². The molecular formula is C16H21F2N3O4. The molecule has 1 aromatic heterocycles. The fraction of sp³-hybridized carbons (Fsp3) is 0.562. The zero-order valence-corrected chi connectivity index (χ0v) is 14.3. The van der Waals surface area contributed by atoms with Gasteiger partial charge in [-0.25, -0.2) is 4.79 Å². The van der Waals surface area contributed by atoms with Crippen molar-refractivity contribution in [3.8, 4) is 0 Å². The zero-order valence-electron chi connectivity index (χ0n) is 14.3. The molecule has 0 radical (unpaired) electrons. The molecule has 1 unspecified atom stereocenters. The van der Waals surface area contributed by atoms with Crippen molar-refractivity contribution in [2.75, 3.05) is 26.2 Å². The third kappa shape index (κ3) is 4.62. The Kier molecular flexibility index (Phi) is 5.56. The van der Waals surface area contributed by atoms with Gasteiger partial charge in [0.25, 0.3) is 5.91 Å². The number of hydrogen-bond donors (Lipinski definition) is 1. The van der Waals surface area contributed by atoms with E-state index in [4.69, 9.17) is 4.74 Å². The molecule has 1 aromatic rings. The number of ether oxygens (including phenoxy) is 1. The van der Waals surface area contributed by atoms with Gasteiger partial charge in [-0.2, -0.15) is 13.8 Å². The van der Waals surface area contributed by atoms with Crippen LogP contribution in [-0.2, 0) is 4.74 Å². The summed E-state index contributed by atoms with van der Waals surface area (Å²) in [5, 5.41) is 9.56. The van der Waals surface area contributed by atoms with Crippen molar-refractivity contribution < 1.29 is 28.2 Å². The fourth-order valence-electron chi connectivity index (χ4n) is 2.50. The van der Waals surface area contributed by atoms with Crippen molar-refractivity contribution in [1.82, 2.24) is 14.8 Å². The van der Waals surface area contributed by atoms with Crippen molar-refractivity contribution >= 4 is 12.0 Å². The summed E-state index contributed by atoms with van der Waals surface area (Å²) in [6, 6.07) is 1.17. The van der Waals surface area contributed by atoms with E-state index in [0.29, 0.717) is 0 Å². The number of amides is 2. The van der Waals surface area contributed by atoms with E-state index in [-0.39, 0.29) is 25.2 Å². The first kappa shape index (κ1) is 19.0. The number of carbonyl (C=O) groups is 2. The van der Waals surface area contributed by atoms with Gasteiger partial charge in [0.2, 0.25) is 11.9 Å². The molecule has 2 heterocycles. The normalized spacial score (nSPS) is 18.2. The Morgan fingerprint density at radius 1 is 1.32 bits per heavy atom. The number of rotatable bonds is 2. The lowest BCUT2D eigenvalue weighted by molar-refractivity contribution is -0.00258. The maximum absolute atomic E-state index is 13.7. The minimum absolute atomic E-state index is 0.0490. The van der Waals surface area contributed by atoms with Crippen LogP contribution in [0.15, 0.2) is 12.1 Å². The van der Waals surface area contributed by atoms with Crippen molar-refractivity contribution in [1.29, 1.82) is 0 Å². The molecule has 1 N–H and O–H groups in total. The summed E-state index contributed by atoms with van der Waals surface area (Å²) in [4.78, 5) is 30.2. The molecule has 1 aliphatic rings. The van der Waals surface area contributed by atoms with Crippen LogP contribution in [0.3, 0.4) is 0 Å². The Morgan fingerprint density at radius 3 is 2.56 bits per heavy atom. The monoisotopic (exact) mass is 357 g/mol.